The van der Waals surface area contributed by atoms with E-state index in [1.54, 1.807) is 11.8 Å². The summed E-state index contributed by atoms with van der Waals surface area (Å²) >= 11 is 1.72. The number of rotatable bonds is 6. The normalized spacial score (nSPS) is 13.5. The van der Waals surface area contributed by atoms with Gasteiger partial charge in [0.25, 0.3) is 5.91 Å². The van der Waals surface area contributed by atoms with Gasteiger partial charge in [-0.3, -0.25) is 9.79 Å². The van der Waals surface area contributed by atoms with Crippen LogP contribution in [0.1, 0.15) is 53.7 Å². The fraction of sp³-hybridized carbons (Fsp3) is 0.259. The first kappa shape index (κ1) is 21.4. The molecular weight excluding hydrogens is 400 g/mol. The maximum Gasteiger partial charge on any atom is 0.251 e. The first-order valence-electron chi connectivity index (χ1n) is 10.9. The molecule has 0 bridgehead atoms. The van der Waals surface area contributed by atoms with Crippen LogP contribution in [-0.2, 0) is 6.42 Å². The summed E-state index contributed by atoms with van der Waals surface area (Å²) in [5.74, 6) is -0.0424. The molecule has 1 N–H and O–H groups in total. The Morgan fingerprint density at radius 2 is 1.81 bits per heavy atom. The smallest absolute Gasteiger partial charge is 0.251 e. The van der Waals surface area contributed by atoms with Gasteiger partial charge in [0.2, 0.25) is 0 Å². The lowest BCUT2D eigenvalue weighted by molar-refractivity contribution is 0.0938. The maximum absolute atomic E-state index is 12.9. The molecule has 1 atom stereocenters. The van der Waals surface area contributed by atoms with Crippen molar-refractivity contribution >= 4 is 29.1 Å². The van der Waals surface area contributed by atoms with Gasteiger partial charge in [-0.05, 0) is 69.0 Å². The molecule has 0 unspecified atom stereocenters. The van der Waals surface area contributed by atoms with Gasteiger partial charge in [-0.2, -0.15) is 0 Å². The van der Waals surface area contributed by atoms with Gasteiger partial charge in [-0.1, -0.05) is 60.6 Å². The Hall–Kier alpha value is -2.85. The third-order valence-corrected chi connectivity index (χ3v) is 6.70. The van der Waals surface area contributed by atoms with Crippen molar-refractivity contribution in [2.75, 3.05) is 0 Å². The molecule has 3 aromatic carbocycles. The highest BCUT2D eigenvalue weighted by molar-refractivity contribution is 7.99. The largest absolute Gasteiger partial charge is 0.350 e. The maximum atomic E-state index is 12.9. The second-order valence-corrected chi connectivity index (χ2v) is 9.18. The van der Waals surface area contributed by atoms with Crippen molar-refractivity contribution in [3.8, 4) is 0 Å². The molecule has 0 radical (unpaired) electrons. The molecular formula is C27H28N2OS. The van der Waals surface area contributed by atoms with Crippen LogP contribution in [0.25, 0.3) is 0 Å². The molecule has 31 heavy (non-hydrogen) atoms. The molecule has 1 amide bonds. The van der Waals surface area contributed by atoms with E-state index in [2.05, 4.69) is 68.6 Å². The molecule has 0 spiro atoms. The number of carbonyl (C=O) groups excluding carboxylic acids is 1. The first-order valence-corrected chi connectivity index (χ1v) is 11.7. The quantitative estimate of drug-likeness (QED) is 0.472. The van der Waals surface area contributed by atoms with E-state index in [9.17, 15) is 4.79 Å². The Morgan fingerprint density at radius 3 is 2.58 bits per heavy atom. The lowest BCUT2D eigenvalue weighted by atomic mass is 10.0. The van der Waals surface area contributed by atoms with E-state index in [4.69, 9.17) is 4.99 Å². The van der Waals surface area contributed by atoms with Crippen molar-refractivity contribution in [3.05, 3.63) is 89.0 Å². The monoisotopic (exact) mass is 428 g/mol. The average Bonchev–Trinajstić information content (AvgIpc) is 2.94. The zero-order valence-corrected chi connectivity index (χ0v) is 19.1. The molecule has 0 aliphatic carbocycles. The van der Waals surface area contributed by atoms with E-state index in [1.807, 2.05) is 24.3 Å². The van der Waals surface area contributed by atoms with Gasteiger partial charge >= 0.3 is 0 Å². The number of benzene rings is 3. The number of hydrogen-bond donors (Lipinski definition) is 1. The Kier molecular flexibility index (Phi) is 6.57. The minimum absolute atomic E-state index is 0.0424. The van der Waals surface area contributed by atoms with Gasteiger partial charge in [-0.15, -0.1) is 0 Å². The molecule has 158 valence electrons. The minimum Gasteiger partial charge on any atom is -0.350 e. The van der Waals surface area contributed by atoms with Crippen molar-refractivity contribution in [2.24, 2.45) is 4.99 Å². The lowest BCUT2D eigenvalue weighted by Crippen LogP contribution is -2.32. The van der Waals surface area contributed by atoms with Crippen molar-refractivity contribution in [2.45, 2.75) is 55.9 Å². The highest BCUT2D eigenvalue weighted by atomic mass is 32.2. The fourth-order valence-corrected chi connectivity index (χ4v) is 4.80. The Balaban J connectivity index is 1.50. The van der Waals surface area contributed by atoms with Crippen molar-refractivity contribution in [3.63, 3.8) is 0 Å². The number of fused-ring (bicyclic) bond motifs is 2. The molecule has 0 saturated carbocycles. The van der Waals surface area contributed by atoms with Gasteiger partial charge in [-0.25, -0.2) is 0 Å². The number of hydrogen-bond acceptors (Lipinski definition) is 3. The first-order chi connectivity index (χ1) is 15.0. The number of nitrogens with zero attached hydrogens (tertiary/aromatic N) is 1. The number of nitrogens with one attached hydrogen (secondary N) is 1. The highest BCUT2D eigenvalue weighted by Gasteiger charge is 2.19. The van der Waals surface area contributed by atoms with Crippen molar-refractivity contribution in [1.82, 2.24) is 5.32 Å². The summed E-state index contributed by atoms with van der Waals surface area (Å²) in [5.41, 5.74) is 6.33. The molecule has 1 aliphatic heterocycles. The average molecular weight is 429 g/mol. The third-order valence-electron chi connectivity index (χ3n) is 5.56. The summed E-state index contributed by atoms with van der Waals surface area (Å²) in [6.07, 6.45) is 2.71. The minimum atomic E-state index is -0.0424. The molecule has 1 heterocycles. The Labute approximate surface area is 189 Å². The summed E-state index contributed by atoms with van der Waals surface area (Å²) in [6, 6.07) is 22.9. The van der Waals surface area contributed by atoms with E-state index in [0.29, 0.717) is 5.56 Å². The van der Waals surface area contributed by atoms with Crippen LogP contribution in [0.15, 0.2) is 81.5 Å². The van der Waals surface area contributed by atoms with E-state index in [0.717, 1.165) is 35.6 Å². The second kappa shape index (κ2) is 9.52. The van der Waals surface area contributed by atoms with Crippen LogP contribution in [0.2, 0.25) is 0 Å². The second-order valence-electron chi connectivity index (χ2n) is 8.10. The molecule has 0 fully saturated rings. The standard InChI is InChI=1S/C27H28N2OS/c1-4-23-22-16-18(2)10-14-25(22)31-26-15-13-21(17-24(26)29-23)27(30)28-19(3)11-12-20-8-6-5-7-9-20/h5-10,13-17,19H,4,11-12H2,1-3H3,(H,28,30)/t19-/m1/s1. The van der Waals surface area contributed by atoms with Gasteiger partial charge in [0.05, 0.1) is 5.69 Å². The van der Waals surface area contributed by atoms with Crippen molar-refractivity contribution in [1.29, 1.82) is 0 Å². The Morgan fingerprint density at radius 1 is 1.03 bits per heavy atom. The Bertz CT molecular complexity index is 1120. The van der Waals surface area contributed by atoms with Gasteiger partial charge < -0.3 is 5.32 Å². The molecule has 0 aromatic heterocycles. The number of amides is 1. The summed E-state index contributed by atoms with van der Waals surface area (Å²) in [7, 11) is 0. The van der Waals surface area contributed by atoms with E-state index in [-0.39, 0.29) is 11.9 Å². The summed E-state index contributed by atoms with van der Waals surface area (Å²) in [6.45, 7) is 6.30. The van der Waals surface area contributed by atoms with Crippen LogP contribution in [0, 0.1) is 6.92 Å². The zero-order valence-electron chi connectivity index (χ0n) is 18.3. The lowest BCUT2D eigenvalue weighted by Gasteiger charge is -2.14. The predicted molar refractivity (Wildman–Crippen MR) is 130 cm³/mol. The summed E-state index contributed by atoms with van der Waals surface area (Å²) in [5, 5.41) is 3.14. The molecule has 4 heteroatoms. The van der Waals surface area contributed by atoms with Gasteiger partial charge in [0, 0.05) is 32.7 Å². The van der Waals surface area contributed by atoms with Crippen LogP contribution >= 0.6 is 11.8 Å². The molecule has 3 nitrogen and oxygen atoms in total. The van der Waals surface area contributed by atoms with Crippen LogP contribution in [0.3, 0.4) is 0 Å². The topological polar surface area (TPSA) is 41.5 Å². The van der Waals surface area contributed by atoms with Gasteiger partial charge in [0.1, 0.15) is 0 Å². The zero-order chi connectivity index (χ0) is 21.8. The van der Waals surface area contributed by atoms with Crippen molar-refractivity contribution < 1.29 is 4.79 Å². The molecule has 0 saturated heterocycles. The van der Waals surface area contributed by atoms with E-state index in [1.165, 1.54) is 21.6 Å². The highest BCUT2D eigenvalue weighted by Crippen LogP contribution is 2.41. The molecule has 3 aromatic rings. The van der Waals surface area contributed by atoms with Crippen LogP contribution in [-0.4, -0.2) is 17.7 Å². The van der Waals surface area contributed by atoms with Gasteiger partial charge in [0.15, 0.2) is 0 Å². The predicted octanol–water partition coefficient (Wildman–Crippen LogP) is 6.74. The fourth-order valence-electron chi connectivity index (χ4n) is 3.79. The molecule has 4 rings (SSSR count). The van der Waals surface area contributed by atoms with E-state index < -0.39 is 0 Å². The van der Waals surface area contributed by atoms with Crippen LogP contribution in [0.4, 0.5) is 5.69 Å². The number of aliphatic imine (C=N–C) groups is 1. The van der Waals surface area contributed by atoms with Crippen LogP contribution < -0.4 is 5.32 Å². The SMILES string of the molecule is CCC1=Nc2cc(C(=O)N[C@H](C)CCc3ccccc3)ccc2Sc2ccc(C)cc21. The van der Waals surface area contributed by atoms with E-state index >= 15 is 0 Å². The third kappa shape index (κ3) is 5.08. The molecule has 1 aliphatic rings. The van der Waals surface area contributed by atoms with Crippen LogP contribution in [0.5, 0.6) is 0 Å². The summed E-state index contributed by atoms with van der Waals surface area (Å²) < 4.78 is 0. The summed E-state index contributed by atoms with van der Waals surface area (Å²) in [4.78, 5) is 20.1. The number of carbonyl (C=O) groups is 1. The number of aryl methyl sites for hydroxylation is 2.